The van der Waals surface area contributed by atoms with Crippen molar-refractivity contribution in [2.75, 3.05) is 13.2 Å². The Balaban J connectivity index is 2.19. The van der Waals surface area contributed by atoms with Gasteiger partial charge in [-0.15, -0.1) is 5.10 Å². The number of hydrogen-bond acceptors (Lipinski definition) is 4. The Hall–Kier alpha value is -0.460. The highest BCUT2D eigenvalue weighted by atomic mass is 79.9. The van der Waals surface area contributed by atoms with Gasteiger partial charge in [-0.05, 0) is 41.7 Å². The average molecular weight is 303 g/mol. The Labute approximate surface area is 110 Å². The first-order valence-corrected chi connectivity index (χ1v) is 6.93. The van der Waals surface area contributed by atoms with Gasteiger partial charge in [-0.1, -0.05) is 12.1 Å². The molecule has 1 saturated heterocycles. The maximum atomic E-state index is 5.79. The van der Waals surface area contributed by atoms with Gasteiger partial charge in [0.1, 0.15) is 0 Å². The first-order chi connectivity index (χ1) is 8.24. The molecule has 2 heterocycles. The molecule has 1 aromatic rings. The van der Waals surface area contributed by atoms with E-state index in [1.165, 1.54) is 0 Å². The third-order valence-corrected chi connectivity index (χ3v) is 3.64. The van der Waals surface area contributed by atoms with Crippen LogP contribution in [0.3, 0.4) is 0 Å². The van der Waals surface area contributed by atoms with E-state index in [-0.39, 0.29) is 12.1 Å². The average Bonchev–Trinajstić information content (AvgIpc) is 2.93. The molecule has 2 rings (SSSR count). The standard InChI is InChI=1S/C11H19BrN4O/c1-3-6-13-9(8-5-4-7-17-8)10-11(12)14-15-16(10)2/h8-9,13H,3-7H2,1-2H3. The molecule has 6 heteroatoms. The molecule has 1 fully saturated rings. The molecule has 5 nitrogen and oxygen atoms in total. The lowest BCUT2D eigenvalue weighted by atomic mass is 10.0. The molecule has 0 aliphatic carbocycles. The minimum atomic E-state index is 0.173. The zero-order valence-corrected chi connectivity index (χ0v) is 11.9. The summed E-state index contributed by atoms with van der Waals surface area (Å²) in [6, 6.07) is 0.173. The Morgan fingerprint density at radius 2 is 2.47 bits per heavy atom. The number of aryl methyl sites for hydroxylation is 1. The van der Waals surface area contributed by atoms with Crippen molar-refractivity contribution in [1.29, 1.82) is 0 Å². The number of ether oxygens (including phenoxy) is 1. The molecule has 0 amide bonds. The van der Waals surface area contributed by atoms with Crippen LogP contribution in [0.15, 0.2) is 4.60 Å². The van der Waals surface area contributed by atoms with Crippen LogP contribution in [0.25, 0.3) is 0 Å². The third-order valence-electron chi connectivity index (χ3n) is 3.07. The molecule has 1 aromatic heterocycles. The van der Waals surface area contributed by atoms with E-state index in [9.17, 15) is 0 Å². The van der Waals surface area contributed by atoms with Gasteiger partial charge in [0, 0.05) is 13.7 Å². The molecule has 1 aliphatic rings. The first-order valence-electron chi connectivity index (χ1n) is 6.14. The van der Waals surface area contributed by atoms with Crippen LogP contribution >= 0.6 is 15.9 Å². The van der Waals surface area contributed by atoms with Gasteiger partial charge in [-0.25, -0.2) is 4.68 Å². The van der Waals surface area contributed by atoms with Gasteiger partial charge in [-0.2, -0.15) is 0 Å². The van der Waals surface area contributed by atoms with Crippen LogP contribution in [0, 0.1) is 0 Å². The van der Waals surface area contributed by atoms with Crippen molar-refractivity contribution >= 4 is 15.9 Å². The number of rotatable bonds is 5. The van der Waals surface area contributed by atoms with E-state index in [0.717, 1.165) is 42.7 Å². The Morgan fingerprint density at radius 3 is 3.00 bits per heavy atom. The van der Waals surface area contributed by atoms with Crippen molar-refractivity contribution in [3.63, 3.8) is 0 Å². The Bertz CT molecular complexity index is 343. The second kappa shape index (κ2) is 5.93. The molecular weight excluding hydrogens is 284 g/mol. The summed E-state index contributed by atoms with van der Waals surface area (Å²) < 4.78 is 8.42. The highest BCUT2D eigenvalue weighted by Crippen LogP contribution is 2.29. The highest BCUT2D eigenvalue weighted by Gasteiger charge is 2.31. The molecule has 0 radical (unpaired) electrons. The summed E-state index contributed by atoms with van der Waals surface area (Å²) in [5.41, 5.74) is 1.07. The number of nitrogens with zero attached hydrogens (tertiary/aromatic N) is 3. The lowest BCUT2D eigenvalue weighted by Crippen LogP contribution is -2.34. The maximum Gasteiger partial charge on any atom is 0.153 e. The van der Waals surface area contributed by atoms with E-state index in [4.69, 9.17) is 4.74 Å². The topological polar surface area (TPSA) is 52.0 Å². The quantitative estimate of drug-likeness (QED) is 0.901. The lowest BCUT2D eigenvalue weighted by Gasteiger charge is -2.24. The molecule has 17 heavy (non-hydrogen) atoms. The summed E-state index contributed by atoms with van der Waals surface area (Å²) in [7, 11) is 1.92. The van der Waals surface area contributed by atoms with Gasteiger partial charge in [-0.3, -0.25) is 0 Å². The maximum absolute atomic E-state index is 5.79. The van der Waals surface area contributed by atoms with Gasteiger partial charge in [0.2, 0.25) is 0 Å². The van der Waals surface area contributed by atoms with Crippen molar-refractivity contribution in [2.24, 2.45) is 7.05 Å². The van der Waals surface area contributed by atoms with Crippen molar-refractivity contribution in [3.8, 4) is 0 Å². The molecular formula is C11H19BrN4O. The monoisotopic (exact) mass is 302 g/mol. The number of nitrogens with one attached hydrogen (secondary N) is 1. The van der Waals surface area contributed by atoms with E-state index < -0.39 is 0 Å². The lowest BCUT2D eigenvalue weighted by molar-refractivity contribution is 0.0755. The van der Waals surface area contributed by atoms with Gasteiger partial charge >= 0.3 is 0 Å². The van der Waals surface area contributed by atoms with Gasteiger partial charge < -0.3 is 10.1 Å². The summed E-state index contributed by atoms with van der Waals surface area (Å²) in [6.45, 7) is 4.00. The summed E-state index contributed by atoms with van der Waals surface area (Å²) in [5.74, 6) is 0. The normalized spacial score (nSPS) is 21.9. The largest absolute Gasteiger partial charge is 0.376 e. The number of hydrogen-bond donors (Lipinski definition) is 1. The van der Waals surface area contributed by atoms with Crippen LogP contribution in [0.5, 0.6) is 0 Å². The van der Waals surface area contributed by atoms with E-state index in [2.05, 4.69) is 38.5 Å². The Kier molecular flexibility index (Phi) is 4.53. The van der Waals surface area contributed by atoms with Gasteiger partial charge in [0.25, 0.3) is 0 Å². The van der Waals surface area contributed by atoms with E-state index in [1.54, 1.807) is 0 Å². The fourth-order valence-electron chi connectivity index (χ4n) is 2.24. The molecule has 2 unspecified atom stereocenters. The van der Waals surface area contributed by atoms with E-state index >= 15 is 0 Å². The summed E-state index contributed by atoms with van der Waals surface area (Å²) >= 11 is 3.47. The van der Waals surface area contributed by atoms with Gasteiger partial charge in [0.15, 0.2) is 4.60 Å². The van der Waals surface area contributed by atoms with Crippen molar-refractivity contribution in [1.82, 2.24) is 20.3 Å². The van der Waals surface area contributed by atoms with Gasteiger partial charge in [0.05, 0.1) is 17.8 Å². The van der Waals surface area contributed by atoms with E-state index in [1.807, 2.05) is 11.7 Å². The molecule has 0 aromatic carbocycles. The molecule has 96 valence electrons. The number of halogens is 1. The van der Waals surface area contributed by atoms with E-state index in [0.29, 0.717) is 0 Å². The SMILES string of the molecule is CCCNC(c1c(Br)nnn1C)C1CCCO1. The predicted molar refractivity (Wildman–Crippen MR) is 68.7 cm³/mol. The molecule has 0 spiro atoms. The molecule has 1 aliphatic heterocycles. The fourth-order valence-corrected chi connectivity index (χ4v) is 2.81. The minimum Gasteiger partial charge on any atom is -0.376 e. The van der Waals surface area contributed by atoms with Crippen LogP contribution in [-0.4, -0.2) is 34.2 Å². The van der Waals surface area contributed by atoms with Crippen molar-refractivity contribution in [3.05, 3.63) is 10.3 Å². The van der Waals surface area contributed by atoms with Crippen molar-refractivity contribution in [2.45, 2.75) is 38.3 Å². The first kappa shape index (κ1) is 13.0. The summed E-state index contributed by atoms with van der Waals surface area (Å²) in [5, 5.41) is 11.6. The smallest absolute Gasteiger partial charge is 0.153 e. The predicted octanol–water partition coefficient (Wildman–Crippen LogP) is 1.80. The molecule has 0 saturated carbocycles. The zero-order chi connectivity index (χ0) is 12.3. The summed E-state index contributed by atoms with van der Waals surface area (Å²) in [4.78, 5) is 0. The summed E-state index contributed by atoms with van der Waals surface area (Å²) in [6.07, 6.45) is 3.57. The fraction of sp³-hybridized carbons (Fsp3) is 0.818. The third kappa shape index (κ3) is 2.86. The van der Waals surface area contributed by atoms with Crippen LogP contribution in [0.2, 0.25) is 0 Å². The molecule has 0 bridgehead atoms. The highest BCUT2D eigenvalue weighted by molar-refractivity contribution is 9.10. The van der Waals surface area contributed by atoms with Crippen LogP contribution in [-0.2, 0) is 11.8 Å². The number of aromatic nitrogens is 3. The van der Waals surface area contributed by atoms with Crippen LogP contribution in [0.1, 0.15) is 37.9 Å². The second-order valence-electron chi connectivity index (χ2n) is 4.37. The van der Waals surface area contributed by atoms with Crippen LogP contribution in [0.4, 0.5) is 0 Å². The minimum absolute atomic E-state index is 0.173. The van der Waals surface area contributed by atoms with Crippen LogP contribution < -0.4 is 5.32 Å². The van der Waals surface area contributed by atoms with Crippen molar-refractivity contribution < 1.29 is 4.74 Å². The second-order valence-corrected chi connectivity index (χ2v) is 5.12. The molecule has 1 N–H and O–H groups in total. The zero-order valence-electron chi connectivity index (χ0n) is 10.3. The molecule has 2 atom stereocenters. The Morgan fingerprint density at radius 1 is 1.65 bits per heavy atom.